The molecule has 1 fully saturated rings. The molecule has 152 valence electrons. The molecule has 0 aliphatic carbocycles. The van der Waals surface area contributed by atoms with E-state index in [2.05, 4.69) is 4.98 Å². The van der Waals surface area contributed by atoms with E-state index in [0.29, 0.717) is 43.4 Å². The van der Waals surface area contributed by atoms with Gasteiger partial charge >= 0.3 is 0 Å². The fraction of sp³-hybridized carbons (Fsp3) is 0.300. The zero-order chi connectivity index (χ0) is 20.4. The van der Waals surface area contributed by atoms with E-state index >= 15 is 0 Å². The predicted molar refractivity (Wildman–Crippen MR) is 107 cm³/mol. The highest BCUT2D eigenvalue weighted by molar-refractivity contribution is 7.89. The number of aryl methyl sites for hydroxylation is 1. The van der Waals surface area contributed by atoms with Crippen molar-refractivity contribution < 1.29 is 17.9 Å². The highest BCUT2D eigenvalue weighted by Crippen LogP contribution is 2.21. The van der Waals surface area contributed by atoms with Gasteiger partial charge in [-0.1, -0.05) is 6.07 Å². The van der Waals surface area contributed by atoms with Gasteiger partial charge < -0.3 is 9.47 Å². The molecule has 0 radical (unpaired) electrons. The zero-order valence-corrected chi connectivity index (χ0v) is 16.8. The quantitative estimate of drug-likeness (QED) is 0.629. The lowest BCUT2D eigenvalue weighted by Gasteiger charge is -2.26. The molecule has 0 spiro atoms. The van der Waals surface area contributed by atoms with Gasteiger partial charge in [-0.15, -0.1) is 0 Å². The zero-order valence-electron chi connectivity index (χ0n) is 15.9. The highest BCUT2D eigenvalue weighted by atomic mass is 32.2. The molecule has 0 bridgehead atoms. The molecule has 0 N–H and O–H groups in total. The number of ether oxygens (including phenoxy) is 2. The summed E-state index contributed by atoms with van der Waals surface area (Å²) in [7, 11) is -3.54. The Bertz CT molecular complexity index is 1180. The summed E-state index contributed by atoms with van der Waals surface area (Å²) >= 11 is 0. The second-order valence-electron chi connectivity index (χ2n) is 6.72. The van der Waals surface area contributed by atoms with Crippen LogP contribution in [0.3, 0.4) is 0 Å². The van der Waals surface area contributed by atoms with Crippen LogP contribution < -0.4 is 10.3 Å². The molecule has 9 heteroatoms. The van der Waals surface area contributed by atoms with Crippen molar-refractivity contribution in [2.24, 2.45) is 0 Å². The number of aromatic nitrogens is 2. The second-order valence-corrected chi connectivity index (χ2v) is 8.66. The van der Waals surface area contributed by atoms with Gasteiger partial charge in [0.15, 0.2) is 0 Å². The van der Waals surface area contributed by atoms with Crippen LogP contribution in [0.25, 0.3) is 5.65 Å². The first-order valence-corrected chi connectivity index (χ1v) is 10.7. The number of benzene rings is 1. The number of sulfonamides is 1. The van der Waals surface area contributed by atoms with Crippen LogP contribution in [0.2, 0.25) is 0 Å². The van der Waals surface area contributed by atoms with Crippen LogP contribution in [0.5, 0.6) is 5.75 Å². The lowest BCUT2D eigenvalue weighted by Crippen LogP contribution is -2.40. The SMILES string of the molecule is Cc1cccc2nc(COc3ccc(S(=O)(=O)N4CCOCC4)cc3)cc(=O)n12. The first-order chi connectivity index (χ1) is 13.9. The standard InChI is InChI=1S/C20H21N3O5S/c1-15-3-2-4-19-21-16(13-20(24)23(15)19)14-28-17-5-7-18(8-6-17)29(25,26)22-9-11-27-12-10-22/h2-8,13H,9-12,14H2,1H3. The molecule has 0 saturated carbocycles. The van der Waals surface area contributed by atoms with E-state index in [-0.39, 0.29) is 17.1 Å². The van der Waals surface area contributed by atoms with Crippen LogP contribution in [0.15, 0.2) is 58.2 Å². The van der Waals surface area contributed by atoms with E-state index in [1.807, 2.05) is 19.1 Å². The fourth-order valence-corrected chi connectivity index (χ4v) is 4.65. The third kappa shape index (κ3) is 4.02. The minimum Gasteiger partial charge on any atom is -0.487 e. The van der Waals surface area contributed by atoms with Gasteiger partial charge in [0.05, 0.1) is 23.8 Å². The largest absolute Gasteiger partial charge is 0.487 e. The van der Waals surface area contributed by atoms with Crippen LogP contribution in [0.1, 0.15) is 11.4 Å². The van der Waals surface area contributed by atoms with E-state index in [9.17, 15) is 13.2 Å². The molecule has 1 saturated heterocycles. The van der Waals surface area contributed by atoms with Crippen molar-refractivity contribution in [1.82, 2.24) is 13.7 Å². The lowest BCUT2D eigenvalue weighted by molar-refractivity contribution is 0.0730. The lowest BCUT2D eigenvalue weighted by atomic mass is 10.3. The van der Waals surface area contributed by atoms with Gasteiger partial charge in [-0.3, -0.25) is 9.20 Å². The van der Waals surface area contributed by atoms with Crippen molar-refractivity contribution in [2.75, 3.05) is 26.3 Å². The minimum atomic E-state index is -3.54. The Morgan fingerprint density at radius 1 is 1.10 bits per heavy atom. The summed E-state index contributed by atoms with van der Waals surface area (Å²) in [5, 5.41) is 0. The summed E-state index contributed by atoms with van der Waals surface area (Å²) < 4.78 is 39.2. The third-order valence-corrected chi connectivity index (χ3v) is 6.66. The Kier molecular flexibility index (Phi) is 5.35. The molecule has 0 unspecified atom stereocenters. The summed E-state index contributed by atoms with van der Waals surface area (Å²) in [6, 6.07) is 13.1. The summed E-state index contributed by atoms with van der Waals surface area (Å²) in [6.07, 6.45) is 0. The molecule has 0 amide bonds. The summed E-state index contributed by atoms with van der Waals surface area (Å²) in [5.41, 5.74) is 1.71. The van der Waals surface area contributed by atoms with Crippen molar-refractivity contribution in [3.05, 3.63) is 70.3 Å². The Hall–Kier alpha value is -2.75. The third-order valence-electron chi connectivity index (χ3n) is 4.75. The minimum absolute atomic E-state index is 0.106. The van der Waals surface area contributed by atoms with Gasteiger partial charge in [-0.25, -0.2) is 13.4 Å². The first kappa shape index (κ1) is 19.6. The number of hydrogen-bond acceptors (Lipinski definition) is 6. The van der Waals surface area contributed by atoms with Crippen LogP contribution >= 0.6 is 0 Å². The summed E-state index contributed by atoms with van der Waals surface area (Å²) in [5.74, 6) is 0.497. The molecule has 1 aliphatic rings. The topological polar surface area (TPSA) is 90.2 Å². The van der Waals surface area contributed by atoms with E-state index in [4.69, 9.17) is 9.47 Å². The number of pyridine rings is 1. The molecule has 29 heavy (non-hydrogen) atoms. The van der Waals surface area contributed by atoms with Gasteiger partial charge in [0.2, 0.25) is 10.0 Å². The second kappa shape index (κ2) is 7.94. The van der Waals surface area contributed by atoms with E-state index in [1.54, 1.807) is 18.2 Å². The molecular weight excluding hydrogens is 394 g/mol. The normalized spacial score (nSPS) is 15.5. The van der Waals surface area contributed by atoms with Crippen molar-refractivity contribution >= 4 is 15.7 Å². The van der Waals surface area contributed by atoms with Crippen molar-refractivity contribution in [3.63, 3.8) is 0 Å². The molecule has 3 aromatic rings. The van der Waals surface area contributed by atoms with Gasteiger partial charge in [-0.2, -0.15) is 4.31 Å². The highest BCUT2D eigenvalue weighted by Gasteiger charge is 2.26. The van der Waals surface area contributed by atoms with E-state index in [0.717, 1.165) is 5.69 Å². The van der Waals surface area contributed by atoms with Crippen LogP contribution in [0.4, 0.5) is 0 Å². The number of morpholine rings is 1. The Morgan fingerprint density at radius 3 is 2.55 bits per heavy atom. The Balaban J connectivity index is 1.48. The molecule has 2 aromatic heterocycles. The van der Waals surface area contributed by atoms with Crippen molar-refractivity contribution in [1.29, 1.82) is 0 Å². The maximum absolute atomic E-state index is 12.6. The van der Waals surface area contributed by atoms with Crippen LogP contribution in [-0.4, -0.2) is 48.4 Å². The average molecular weight is 415 g/mol. The molecule has 1 aliphatic heterocycles. The number of hydrogen-bond donors (Lipinski definition) is 0. The molecule has 3 heterocycles. The van der Waals surface area contributed by atoms with Gasteiger partial charge in [-0.05, 0) is 43.3 Å². The fourth-order valence-electron chi connectivity index (χ4n) is 3.24. The van der Waals surface area contributed by atoms with Gasteiger partial charge in [0.1, 0.15) is 18.0 Å². The van der Waals surface area contributed by atoms with Crippen molar-refractivity contribution in [2.45, 2.75) is 18.4 Å². The first-order valence-electron chi connectivity index (χ1n) is 9.24. The average Bonchev–Trinajstić information content (AvgIpc) is 2.73. The maximum atomic E-state index is 12.6. The molecule has 4 rings (SSSR count). The Labute approximate surface area is 168 Å². The van der Waals surface area contributed by atoms with Gasteiger partial charge in [0.25, 0.3) is 5.56 Å². The van der Waals surface area contributed by atoms with E-state index < -0.39 is 10.0 Å². The maximum Gasteiger partial charge on any atom is 0.258 e. The molecule has 1 aromatic carbocycles. The van der Waals surface area contributed by atoms with E-state index in [1.165, 1.54) is 26.9 Å². The number of rotatable bonds is 5. The molecule has 8 nitrogen and oxygen atoms in total. The molecule has 0 atom stereocenters. The van der Waals surface area contributed by atoms with Gasteiger partial charge in [0, 0.05) is 24.8 Å². The monoisotopic (exact) mass is 415 g/mol. The Morgan fingerprint density at radius 2 is 1.83 bits per heavy atom. The van der Waals surface area contributed by atoms with Crippen LogP contribution in [0, 0.1) is 6.92 Å². The number of nitrogens with zero attached hydrogens (tertiary/aromatic N) is 3. The molecular formula is C20H21N3O5S. The van der Waals surface area contributed by atoms with Crippen LogP contribution in [-0.2, 0) is 21.4 Å². The predicted octanol–water partition coefficient (Wildman–Crippen LogP) is 1.60. The smallest absolute Gasteiger partial charge is 0.258 e. The van der Waals surface area contributed by atoms with Crippen molar-refractivity contribution in [3.8, 4) is 5.75 Å². The number of fused-ring (bicyclic) bond motifs is 1. The summed E-state index contributed by atoms with van der Waals surface area (Å²) in [4.78, 5) is 17.0. The summed E-state index contributed by atoms with van der Waals surface area (Å²) in [6.45, 7) is 3.46.